The SMILES string of the molecule is COC(=O)[C@H](C)N(C)[C-]=O.[Y].[Y]. The van der Waals surface area contributed by atoms with Crippen molar-refractivity contribution in [1.82, 2.24) is 4.90 Å². The van der Waals surface area contributed by atoms with Crippen molar-refractivity contribution in [3.05, 3.63) is 0 Å². The average Bonchev–Trinajstić information content (AvgIpc) is 2.00. The molecule has 2 radical (unpaired) electrons. The zero-order valence-corrected chi connectivity index (χ0v) is 13.1. The van der Waals surface area contributed by atoms with E-state index in [1.54, 1.807) is 13.3 Å². The molecule has 4 nitrogen and oxygen atoms in total. The first-order valence-corrected chi connectivity index (χ1v) is 2.82. The van der Waals surface area contributed by atoms with Crippen molar-refractivity contribution in [3.63, 3.8) is 0 Å². The van der Waals surface area contributed by atoms with Crippen LogP contribution in [-0.2, 0) is 79.7 Å². The first-order valence-electron chi connectivity index (χ1n) is 2.82. The van der Waals surface area contributed by atoms with Crippen molar-refractivity contribution < 1.29 is 79.7 Å². The van der Waals surface area contributed by atoms with Crippen molar-refractivity contribution in [2.75, 3.05) is 14.2 Å². The fraction of sp³-hybridized carbons (Fsp3) is 0.667. The normalized spacial score (nSPS) is 9.92. The van der Waals surface area contributed by atoms with Crippen LogP contribution in [0.25, 0.3) is 0 Å². The van der Waals surface area contributed by atoms with E-state index < -0.39 is 12.0 Å². The molecule has 0 heterocycles. The van der Waals surface area contributed by atoms with E-state index in [9.17, 15) is 9.59 Å². The molecular weight excluding hydrogens is 312 g/mol. The third kappa shape index (κ3) is 6.64. The van der Waals surface area contributed by atoms with Crippen LogP contribution in [0.5, 0.6) is 0 Å². The number of carbonyl (C=O) groups excluding carboxylic acids is 2. The second-order valence-corrected chi connectivity index (χ2v) is 1.90. The monoisotopic (exact) mass is 322 g/mol. The number of esters is 1. The molecule has 0 aromatic rings. The first kappa shape index (κ1) is 18.8. The Bertz CT molecular complexity index is 143. The van der Waals surface area contributed by atoms with Gasteiger partial charge in [0.1, 0.15) is 0 Å². The van der Waals surface area contributed by atoms with Crippen molar-refractivity contribution in [2.45, 2.75) is 13.0 Å². The summed E-state index contributed by atoms with van der Waals surface area (Å²) < 4.78 is 4.38. The molecule has 0 aliphatic rings. The molecule has 0 fully saturated rings. The van der Waals surface area contributed by atoms with Gasteiger partial charge in [0.15, 0.2) is 0 Å². The van der Waals surface area contributed by atoms with Gasteiger partial charge in [-0.05, 0) is 14.0 Å². The van der Waals surface area contributed by atoms with Crippen molar-refractivity contribution in [3.8, 4) is 0 Å². The molecule has 0 saturated heterocycles. The van der Waals surface area contributed by atoms with Gasteiger partial charge in [-0.15, -0.1) is 0 Å². The maximum atomic E-state index is 10.7. The van der Waals surface area contributed by atoms with Crippen molar-refractivity contribution in [1.29, 1.82) is 0 Å². The van der Waals surface area contributed by atoms with Crippen LogP contribution in [0.15, 0.2) is 0 Å². The molecule has 0 aliphatic heterocycles. The summed E-state index contributed by atoms with van der Waals surface area (Å²) in [5.41, 5.74) is 0. The van der Waals surface area contributed by atoms with Gasteiger partial charge in [-0.2, -0.15) is 6.41 Å². The van der Waals surface area contributed by atoms with Crippen LogP contribution in [0.1, 0.15) is 6.92 Å². The zero-order valence-electron chi connectivity index (χ0n) is 7.40. The molecule has 1 atom stereocenters. The average molecular weight is 322 g/mol. The number of methoxy groups -OCH3 is 1. The van der Waals surface area contributed by atoms with E-state index in [-0.39, 0.29) is 65.4 Å². The van der Waals surface area contributed by atoms with E-state index in [0.29, 0.717) is 0 Å². The van der Waals surface area contributed by atoms with Crippen LogP contribution in [0.4, 0.5) is 0 Å². The number of likely N-dealkylation sites (N-methyl/N-ethyl adjacent to an activating group) is 1. The Kier molecular flexibility index (Phi) is 16.1. The molecule has 1 amide bonds. The van der Waals surface area contributed by atoms with Crippen LogP contribution >= 0.6 is 0 Å². The molecule has 64 valence electrons. The van der Waals surface area contributed by atoms with E-state index in [0.717, 1.165) is 4.90 Å². The summed E-state index contributed by atoms with van der Waals surface area (Å²) in [4.78, 5) is 21.7. The molecule has 0 spiro atoms. The summed E-state index contributed by atoms with van der Waals surface area (Å²) in [5.74, 6) is -0.439. The minimum atomic E-state index is -0.553. The summed E-state index contributed by atoms with van der Waals surface area (Å²) in [7, 11) is 2.74. The van der Waals surface area contributed by atoms with E-state index in [1.165, 1.54) is 14.2 Å². The minimum absolute atomic E-state index is 0. The number of rotatable bonds is 3. The second kappa shape index (κ2) is 10.2. The van der Waals surface area contributed by atoms with Gasteiger partial charge >= 0.3 is 5.97 Å². The smallest absolute Gasteiger partial charge is 0.325 e. The molecule has 6 heteroatoms. The van der Waals surface area contributed by atoms with Gasteiger partial charge in [0, 0.05) is 65.4 Å². The van der Waals surface area contributed by atoms with Gasteiger partial charge in [-0.1, -0.05) is 0 Å². The van der Waals surface area contributed by atoms with Crippen LogP contribution < -0.4 is 0 Å². The van der Waals surface area contributed by atoms with Crippen LogP contribution in [0.2, 0.25) is 0 Å². The van der Waals surface area contributed by atoms with Crippen molar-refractivity contribution in [2.24, 2.45) is 0 Å². The summed E-state index contributed by atoms with van der Waals surface area (Å²) in [6, 6.07) is -0.553. The van der Waals surface area contributed by atoms with E-state index >= 15 is 0 Å². The second-order valence-electron chi connectivity index (χ2n) is 1.90. The topological polar surface area (TPSA) is 46.6 Å². The van der Waals surface area contributed by atoms with Gasteiger partial charge in [-0.25, -0.2) is 4.79 Å². The third-order valence-electron chi connectivity index (χ3n) is 1.27. The van der Waals surface area contributed by atoms with Crippen LogP contribution in [0.3, 0.4) is 0 Å². The summed E-state index contributed by atoms with van der Waals surface area (Å²) in [6.07, 6.45) is 1.56. The van der Waals surface area contributed by atoms with Gasteiger partial charge in [0.25, 0.3) is 0 Å². The number of carbonyl (C=O) groups is 1. The standard InChI is InChI=1S/C6H10NO3.2Y/c1-5(6(9)10-3)7(2)4-8;;/h5H,1-3H3;;/q-1;;/t5-;;/m0../s1. The number of hydrogen-bond donors (Lipinski definition) is 0. The Balaban J connectivity index is -0.000000405. The maximum Gasteiger partial charge on any atom is 0.325 e. The van der Waals surface area contributed by atoms with E-state index in [1.807, 2.05) is 0 Å². The summed E-state index contributed by atoms with van der Waals surface area (Å²) in [6.45, 7) is 1.57. The molecule has 0 N–H and O–H groups in total. The predicted molar refractivity (Wildman–Crippen MR) is 34.9 cm³/mol. The third-order valence-corrected chi connectivity index (χ3v) is 1.27. The Morgan fingerprint density at radius 3 is 2.17 bits per heavy atom. The van der Waals surface area contributed by atoms with Crippen molar-refractivity contribution >= 4 is 12.4 Å². The Labute approximate surface area is 123 Å². The molecule has 0 unspecified atom stereocenters. The molecule has 0 rings (SSSR count). The molecule has 0 saturated carbocycles. The maximum absolute atomic E-state index is 10.7. The predicted octanol–water partition coefficient (Wildman–Crippen LogP) is -0.458. The van der Waals surface area contributed by atoms with Crippen LogP contribution in [0, 0.1) is 0 Å². The summed E-state index contributed by atoms with van der Waals surface area (Å²) >= 11 is 0. The van der Waals surface area contributed by atoms with E-state index in [4.69, 9.17) is 0 Å². The number of hydrogen-bond acceptors (Lipinski definition) is 3. The van der Waals surface area contributed by atoms with Gasteiger partial charge < -0.3 is 14.4 Å². The minimum Gasteiger partial charge on any atom is -0.520 e. The summed E-state index contributed by atoms with van der Waals surface area (Å²) in [5, 5.41) is 0. The first-order chi connectivity index (χ1) is 4.63. The number of amides is 1. The van der Waals surface area contributed by atoms with E-state index in [2.05, 4.69) is 4.74 Å². The Morgan fingerprint density at radius 2 is 1.92 bits per heavy atom. The molecule has 0 aromatic carbocycles. The molecular formula is C6H10NO3Y2-. The van der Waals surface area contributed by atoms with Crippen LogP contribution in [-0.4, -0.2) is 37.5 Å². The molecule has 0 aromatic heterocycles. The Hall–Kier alpha value is 1.15. The largest absolute Gasteiger partial charge is 0.520 e. The molecule has 0 aliphatic carbocycles. The number of nitrogens with zero attached hydrogens (tertiary/aromatic N) is 1. The molecule has 0 bridgehead atoms. The molecule has 12 heavy (non-hydrogen) atoms. The zero-order chi connectivity index (χ0) is 8.15. The fourth-order valence-corrected chi connectivity index (χ4v) is 0.408. The van der Waals surface area contributed by atoms with Gasteiger partial charge in [0.2, 0.25) is 0 Å². The fourth-order valence-electron chi connectivity index (χ4n) is 0.408. The van der Waals surface area contributed by atoms with Gasteiger partial charge in [0.05, 0.1) is 13.2 Å². The van der Waals surface area contributed by atoms with Gasteiger partial charge in [-0.3, -0.25) is 0 Å². The quantitative estimate of drug-likeness (QED) is 0.401. The number of ether oxygens (including phenoxy) is 1. The Morgan fingerprint density at radius 1 is 1.50 bits per heavy atom.